The topological polar surface area (TPSA) is 96.2 Å². The van der Waals surface area contributed by atoms with Crippen molar-refractivity contribution >= 4 is 5.97 Å². The van der Waals surface area contributed by atoms with Gasteiger partial charge in [0.2, 0.25) is 0 Å². The van der Waals surface area contributed by atoms with Crippen molar-refractivity contribution in [3.63, 3.8) is 0 Å². The van der Waals surface area contributed by atoms with Crippen molar-refractivity contribution in [3.05, 3.63) is 0 Å². The third-order valence-electron chi connectivity index (χ3n) is 2.75. The van der Waals surface area contributed by atoms with Crippen LogP contribution < -0.4 is 0 Å². The first-order valence-electron chi connectivity index (χ1n) is 5.85. The van der Waals surface area contributed by atoms with E-state index in [0.717, 1.165) is 0 Å². The van der Waals surface area contributed by atoms with E-state index >= 15 is 0 Å². The van der Waals surface area contributed by atoms with Crippen molar-refractivity contribution in [1.29, 1.82) is 0 Å². The molecule has 2 unspecified atom stereocenters. The Morgan fingerprint density at radius 2 is 2.06 bits per heavy atom. The molecule has 1 fully saturated rings. The van der Waals surface area contributed by atoms with Crippen LogP contribution in [0.5, 0.6) is 0 Å². The fourth-order valence-electron chi connectivity index (χ4n) is 1.67. The summed E-state index contributed by atoms with van der Waals surface area (Å²) in [5.74, 6) is -0.823. The highest BCUT2D eigenvalue weighted by molar-refractivity contribution is 5.66. The maximum atomic E-state index is 10.3. The van der Waals surface area contributed by atoms with Gasteiger partial charge in [-0.1, -0.05) is 0 Å². The summed E-state index contributed by atoms with van der Waals surface area (Å²) in [5.41, 5.74) is 0. The maximum Gasteiger partial charge on any atom is 0.303 e. The van der Waals surface area contributed by atoms with E-state index in [1.807, 2.05) is 0 Å². The maximum absolute atomic E-state index is 10.3. The zero-order chi connectivity index (χ0) is 12.8. The van der Waals surface area contributed by atoms with Gasteiger partial charge in [0, 0.05) is 19.4 Å². The molecule has 0 aliphatic carbocycles. The number of rotatable bonds is 6. The van der Waals surface area contributed by atoms with E-state index in [9.17, 15) is 15.0 Å². The standard InChI is InChI=1S/C11H20O6/c1-7-8(12)6-9(13)11(17-7)16-5-3-2-4-10(14)15/h7-9,11-13H,2-6H2,1H3,(H,14,15)/t7?,8-,9?,11-/m1/s1. The van der Waals surface area contributed by atoms with Crippen molar-refractivity contribution in [2.45, 2.75) is 57.2 Å². The quantitative estimate of drug-likeness (QED) is 0.577. The summed E-state index contributed by atoms with van der Waals surface area (Å²) in [6, 6.07) is 0. The molecule has 6 heteroatoms. The largest absolute Gasteiger partial charge is 0.481 e. The van der Waals surface area contributed by atoms with E-state index in [-0.39, 0.29) is 18.9 Å². The average molecular weight is 248 g/mol. The molecule has 1 rings (SSSR count). The van der Waals surface area contributed by atoms with Crippen LogP contribution in [0.2, 0.25) is 0 Å². The van der Waals surface area contributed by atoms with E-state index in [2.05, 4.69) is 0 Å². The summed E-state index contributed by atoms with van der Waals surface area (Å²) in [6.07, 6.45) is -1.09. The summed E-state index contributed by atoms with van der Waals surface area (Å²) in [6.45, 7) is 2.06. The molecule has 0 spiro atoms. The van der Waals surface area contributed by atoms with Crippen LogP contribution in [0.15, 0.2) is 0 Å². The predicted molar refractivity (Wildman–Crippen MR) is 58.4 cm³/mol. The first-order chi connectivity index (χ1) is 8.00. The fourth-order valence-corrected chi connectivity index (χ4v) is 1.67. The molecule has 0 radical (unpaired) electrons. The third kappa shape index (κ3) is 4.99. The van der Waals surface area contributed by atoms with Crippen LogP contribution in [-0.4, -0.2) is 52.5 Å². The lowest BCUT2D eigenvalue weighted by molar-refractivity contribution is -0.261. The molecule has 0 saturated carbocycles. The zero-order valence-corrected chi connectivity index (χ0v) is 9.91. The highest BCUT2D eigenvalue weighted by atomic mass is 16.7. The Bertz CT molecular complexity index is 244. The summed E-state index contributed by atoms with van der Waals surface area (Å²) >= 11 is 0. The fraction of sp³-hybridized carbons (Fsp3) is 0.909. The second-order valence-electron chi connectivity index (χ2n) is 4.30. The Balaban J connectivity index is 2.16. The Morgan fingerprint density at radius 1 is 1.35 bits per heavy atom. The molecule has 4 atom stereocenters. The number of ether oxygens (including phenoxy) is 2. The van der Waals surface area contributed by atoms with Gasteiger partial charge in [0.05, 0.1) is 12.2 Å². The average Bonchev–Trinajstić information content (AvgIpc) is 2.24. The number of aliphatic hydroxyl groups is 2. The van der Waals surface area contributed by atoms with Crippen LogP contribution in [0.25, 0.3) is 0 Å². The van der Waals surface area contributed by atoms with E-state index in [4.69, 9.17) is 14.6 Å². The molecule has 6 nitrogen and oxygen atoms in total. The molecule has 100 valence electrons. The molecule has 1 heterocycles. The van der Waals surface area contributed by atoms with Crippen LogP contribution in [0, 0.1) is 0 Å². The highest BCUT2D eigenvalue weighted by Crippen LogP contribution is 2.21. The van der Waals surface area contributed by atoms with Crippen molar-refractivity contribution in [2.75, 3.05) is 6.61 Å². The number of aliphatic hydroxyl groups excluding tert-OH is 2. The molecular weight excluding hydrogens is 228 g/mol. The van der Waals surface area contributed by atoms with Crippen molar-refractivity contribution in [1.82, 2.24) is 0 Å². The Hall–Kier alpha value is -0.690. The van der Waals surface area contributed by atoms with Gasteiger partial charge in [-0.3, -0.25) is 4.79 Å². The number of hydrogen-bond donors (Lipinski definition) is 3. The van der Waals surface area contributed by atoms with E-state index in [1.54, 1.807) is 6.92 Å². The number of carboxylic acids is 1. The van der Waals surface area contributed by atoms with Gasteiger partial charge in [0.1, 0.15) is 6.10 Å². The Labute approximate surface area is 100 Å². The van der Waals surface area contributed by atoms with Gasteiger partial charge in [0.15, 0.2) is 6.29 Å². The smallest absolute Gasteiger partial charge is 0.303 e. The van der Waals surface area contributed by atoms with Crippen molar-refractivity contribution in [2.24, 2.45) is 0 Å². The normalized spacial score (nSPS) is 33.6. The van der Waals surface area contributed by atoms with Gasteiger partial charge in [-0.05, 0) is 19.8 Å². The number of aliphatic carboxylic acids is 1. The van der Waals surface area contributed by atoms with Crippen LogP contribution in [-0.2, 0) is 14.3 Å². The Kier molecular flexibility index (Phi) is 5.84. The number of carboxylic acid groups (broad SMARTS) is 1. The first kappa shape index (κ1) is 14.4. The number of unbranched alkanes of at least 4 members (excludes halogenated alkanes) is 1. The minimum atomic E-state index is -0.833. The molecule has 1 saturated heterocycles. The molecular formula is C11H20O6. The molecule has 1 aliphatic rings. The molecule has 0 aromatic rings. The lowest BCUT2D eigenvalue weighted by Gasteiger charge is -2.35. The van der Waals surface area contributed by atoms with E-state index in [1.165, 1.54) is 0 Å². The van der Waals surface area contributed by atoms with Crippen LogP contribution in [0.1, 0.15) is 32.6 Å². The minimum absolute atomic E-state index is 0.118. The minimum Gasteiger partial charge on any atom is -0.481 e. The number of carbonyl (C=O) groups is 1. The second-order valence-corrected chi connectivity index (χ2v) is 4.30. The Morgan fingerprint density at radius 3 is 2.71 bits per heavy atom. The lowest BCUT2D eigenvalue weighted by atomic mass is 10.0. The number of hydrogen-bond acceptors (Lipinski definition) is 5. The molecule has 1 aliphatic heterocycles. The third-order valence-corrected chi connectivity index (χ3v) is 2.75. The van der Waals surface area contributed by atoms with Crippen LogP contribution in [0.3, 0.4) is 0 Å². The van der Waals surface area contributed by atoms with E-state index in [0.29, 0.717) is 19.4 Å². The summed E-state index contributed by atoms with van der Waals surface area (Å²) < 4.78 is 10.6. The zero-order valence-electron chi connectivity index (χ0n) is 9.91. The van der Waals surface area contributed by atoms with Gasteiger partial charge in [0.25, 0.3) is 0 Å². The van der Waals surface area contributed by atoms with Crippen LogP contribution >= 0.6 is 0 Å². The van der Waals surface area contributed by atoms with Gasteiger partial charge in [-0.25, -0.2) is 0 Å². The lowest BCUT2D eigenvalue weighted by Crippen LogP contribution is -2.47. The monoisotopic (exact) mass is 248 g/mol. The first-order valence-corrected chi connectivity index (χ1v) is 5.85. The van der Waals surface area contributed by atoms with Crippen molar-refractivity contribution in [3.8, 4) is 0 Å². The summed E-state index contributed by atoms with van der Waals surface area (Å²) in [5, 5.41) is 27.5. The molecule has 0 aromatic carbocycles. The van der Waals surface area contributed by atoms with Gasteiger partial charge >= 0.3 is 5.97 Å². The molecule has 3 N–H and O–H groups in total. The van der Waals surface area contributed by atoms with E-state index < -0.39 is 24.5 Å². The van der Waals surface area contributed by atoms with Gasteiger partial charge in [-0.15, -0.1) is 0 Å². The molecule has 0 aromatic heterocycles. The summed E-state index contributed by atoms with van der Waals surface area (Å²) in [4.78, 5) is 10.3. The molecule has 0 bridgehead atoms. The van der Waals surface area contributed by atoms with Gasteiger partial charge in [-0.2, -0.15) is 0 Å². The summed E-state index contributed by atoms with van der Waals surface area (Å²) in [7, 11) is 0. The second kappa shape index (κ2) is 6.90. The highest BCUT2D eigenvalue weighted by Gasteiger charge is 2.34. The SMILES string of the molecule is CC1O[C@@H](OCCCCC(=O)O)C(O)C[C@H]1O. The van der Waals surface area contributed by atoms with Crippen LogP contribution in [0.4, 0.5) is 0 Å². The molecule has 17 heavy (non-hydrogen) atoms. The van der Waals surface area contributed by atoms with Crippen molar-refractivity contribution < 1.29 is 29.6 Å². The predicted octanol–water partition coefficient (Wildman–Crippen LogP) is 0.115. The molecule has 0 amide bonds. The van der Waals surface area contributed by atoms with Gasteiger partial charge < -0.3 is 24.8 Å².